The molecule has 172 valence electrons. The van der Waals surface area contributed by atoms with E-state index in [-0.39, 0.29) is 23.8 Å². The summed E-state index contributed by atoms with van der Waals surface area (Å²) in [6.45, 7) is 7.13. The van der Waals surface area contributed by atoms with E-state index in [1.807, 2.05) is 31.5 Å². The number of hydrogen-bond donors (Lipinski definition) is 1. The largest absolute Gasteiger partial charge is 0.324 e. The van der Waals surface area contributed by atoms with Crippen LogP contribution in [-0.2, 0) is 17.8 Å². The third-order valence-corrected chi connectivity index (χ3v) is 6.19. The lowest BCUT2D eigenvalue weighted by molar-refractivity contribution is -0.114. The molecule has 1 aromatic carbocycles. The number of anilines is 1. The Labute approximate surface area is 193 Å². The molecule has 3 aromatic heterocycles. The molecule has 0 saturated heterocycles. The molecular formula is C22H23F2N7OS. The number of aromatic nitrogens is 6. The van der Waals surface area contributed by atoms with Gasteiger partial charge in [-0.05, 0) is 45.0 Å². The minimum absolute atomic E-state index is 0.0376. The zero-order valence-corrected chi connectivity index (χ0v) is 19.5. The smallest absolute Gasteiger partial charge is 0.221 e. The summed E-state index contributed by atoms with van der Waals surface area (Å²) in [5, 5.41) is 21.5. The zero-order valence-electron chi connectivity index (χ0n) is 18.6. The van der Waals surface area contributed by atoms with Crippen molar-refractivity contribution in [2.75, 3.05) is 5.32 Å². The molecule has 1 unspecified atom stereocenters. The minimum atomic E-state index is -0.811. The van der Waals surface area contributed by atoms with E-state index in [4.69, 9.17) is 0 Å². The first-order chi connectivity index (χ1) is 15.7. The molecule has 8 nitrogen and oxygen atoms in total. The highest BCUT2D eigenvalue weighted by Gasteiger charge is 2.18. The quantitative estimate of drug-likeness (QED) is 0.439. The van der Waals surface area contributed by atoms with Crippen molar-refractivity contribution in [2.24, 2.45) is 0 Å². The van der Waals surface area contributed by atoms with Crippen LogP contribution >= 0.6 is 11.3 Å². The molecule has 4 aromatic rings. The molecule has 3 heterocycles. The maximum absolute atomic E-state index is 14.7. The van der Waals surface area contributed by atoms with E-state index in [1.54, 1.807) is 12.3 Å². The molecule has 0 aliphatic heterocycles. The van der Waals surface area contributed by atoms with Gasteiger partial charge in [0, 0.05) is 30.8 Å². The number of aryl methyl sites for hydroxylation is 2. The number of amides is 1. The Bertz CT molecular complexity index is 1310. The zero-order chi connectivity index (χ0) is 23.7. The van der Waals surface area contributed by atoms with Crippen molar-refractivity contribution >= 4 is 22.9 Å². The van der Waals surface area contributed by atoms with Gasteiger partial charge in [-0.1, -0.05) is 11.3 Å². The number of nitrogens with zero attached hydrogens (tertiary/aromatic N) is 6. The summed E-state index contributed by atoms with van der Waals surface area (Å²) in [6.07, 6.45) is 2.10. The molecule has 0 bridgehead atoms. The Hall–Kier alpha value is -3.47. The summed E-state index contributed by atoms with van der Waals surface area (Å²) >= 11 is 1.48. The van der Waals surface area contributed by atoms with E-state index < -0.39 is 17.5 Å². The lowest BCUT2D eigenvalue weighted by atomic mass is 10.1. The van der Waals surface area contributed by atoms with Crippen LogP contribution in [0.3, 0.4) is 0 Å². The highest BCUT2D eigenvalue weighted by molar-refractivity contribution is 7.11. The first kappa shape index (κ1) is 22.7. The third kappa shape index (κ3) is 4.98. The van der Waals surface area contributed by atoms with E-state index in [9.17, 15) is 13.6 Å². The fourth-order valence-corrected chi connectivity index (χ4v) is 4.48. The maximum Gasteiger partial charge on any atom is 0.221 e. The highest BCUT2D eigenvalue weighted by Crippen LogP contribution is 2.25. The maximum atomic E-state index is 14.7. The van der Waals surface area contributed by atoms with Gasteiger partial charge < -0.3 is 5.32 Å². The van der Waals surface area contributed by atoms with E-state index in [2.05, 4.69) is 25.7 Å². The summed E-state index contributed by atoms with van der Waals surface area (Å²) in [5.74, 6) is -1.95. The molecule has 0 radical (unpaired) electrons. The van der Waals surface area contributed by atoms with Gasteiger partial charge in [0.1, 0.15) is 21.9 Å². The number of rotatable bonds is 7. The molecule has 1 N–H and O–H groups in total. The Morgan fingerprint density at radius 2 is 1.97 bits per heavy atom. The summed E-state index contributed by atoms with van der Waals surface area (Å²) in [6, 6.07) is 6.08. The molecule has 11 heteroatoms. The Kier molecular flexibility index (Phi) is 6.32. The third-order valence-electron chi connectivity index (χ3n) is 5.10. The normalized spacial score (nSPS) is 12.2. The molecular weight excluding hydrogens is 448 g/mol. The second-order valence-corrected chi connectivity index (χ2v) is 8.93. The van der Waals surface area contributed by atoms with Gasteiger partial charge in [0.05, 0.1) is 23.6 Å². The molecule has 0 fully saturated rings. The monoisotopic (exact) mass is 471 g/mol. The van der Waals surface area contributed by atoms with Crippen molar-refractivity contribution in [2.45, 2.75) is 46.7 Å². The average Bonchev–Trinajstić information content (AvgIpc) is 3.47. The van der Waals surface area contributed by atoms with Crippen LogP contribution in [0.25, 0.3) is 0 Å². The van der Waals surface area contributed by atoms with Crippen LogP contribution < -0.4 is 5.32 Å². The summed E-state index contributed by atoms with van der Waals surface area (Å²) in [7, 11) is 0. The molecule has 1 amide bonds. The van der Waals surface area contributed by atoms with Gasteiger partial charge in [-0.2, -0.15) is 10.2 Å². The van der Waals surface area contributed by atoms with E-state index >= 15 is 0 Å². The van der Waals surface area contributed by atoms with Crippen molar-refractivity contribution in [1.82, 2.24) is 29.8 Å². The predicted molar refractivity (Wildman–Crippen MR) is 120 cm³/mol. The Morgan fingerprint density at radius 3 is 2.67 bits per heavy atom. The van der Waals surface area contributed by atoms with E-state index in [1.165, 1.54) is 29.0 Å². The predicted octanol–water partition coefficient (Wildman–Crippen LogP) is 4.03. The molecule has 0 spiro atoms. The topological polar surface area (TPSA) is 90.5 Å². The van der Waals surface area contributed by atoms with Crippen molar-refractivity contribution in [3.05, 3.63) is 74.8 Å². The fourth-order valence-electron chi connectivity index (χ4n) is 3.58. The molecule has 33 heavy (non-hydrogen) atoms. The lowest BCUT2D eigenvalue weighted by Crippen LogP contribution is -2.12. The van der Waals surface area contributed by atoms with Crippen molar-refractivity contribution in [3.63, 3.8) is 0 Å². The van der Waals surface area contributed by atoms with Gasteiger partial charge in [-0.15, -0.1) is 10.2 Å². The lowest BCUT2D eigenvalue weighted by Gasteiger charge is -2.10. The standard InChI is InChI=1S/C22H23F2N7OS/c1-12-9-13(2)31(28-12)14(3)22-27-26-20(33-22)10-16-7-8-30(29-16)11-17-18(23)5-6-19(21(17)24)25-15(4)32/h5-9,14H,10-11H2,1-4H3,(H,25,32). The Morgan fingerprint density at radius 1 is 1.18 bits per heavy atom. The van der Waals surface area contributed by atoms with Gasteiger partial charge in [0.15, 0.2) is 5.82 Å². The van der Waals surface area contributed by atoms with Crippen LogP contribution in [0.4, 0.5) is 14.5 Å². The molecule has 4 rings (SSSR count). The van der Waals surface area contributed by atoms with Crippen molar-refractivity contribution in [1.29, 1.82) is 0 Å². The number of hydrogen-bond acceptors (Lipinski definition) is 6. The summed E-state index contributed by atoms with van der Waals surface area (Å²) in [5.41, 5.74) is 2.47. The molecule has 1 atom stereocenters. The van der Waals surface area contributed by atoms with Gasteiger partial charge >= 0.3 is 0 Å². The number of halogens is 2. The number of benzene rings is 1. The Balaban J connectivity index is 1.47. The van der Waals surface area contributed by atoms with Crippen LogP contribution in [0, 0.1) is 25.5 Å². The van der Waals surface area contributed by atoms with Gasteiger partial charge in [-0.3, -0.25) is 14.2 Å². The van der Waals surface area contributed by atoms with Gasteiger partial charge in [0.25, 0.3) is 0 Å². The second kappa shape index (κ2) is 9.18. The highest BCUT2D eigenvalue weighted by atomic mass is 32.1. The second-order valence-electron chi connectivity index (χ2n) is 7.83. The first-order valence-electron chi connectivity index (χ1n) is 10.3. The number of carbonyl (C=O) groups excluding carboxylic acids is 1. The van der Waals surface area contributed by atoms with Crippen molar-refractivity contribution < 1.29 is 13.6 Å². The van der Waals surface area contributed by atoms with Crippen LogP contribution in [0.2, 0.25) is 0 Å². The van der Waals surface area contributed by atoms with Crippen LogP contribution in [0.15, 0.2) is 30.5 Å². The van der Waals surface area contributed by atoms with E-state index in [0.717, 1.165) is 27.5 Å². The van der Waals surface area contributed by atoms with Gasteiger partial charge in [-0.25, -0.2) is 8.78 Å². The van der Waals surface area contributed by atoms with Crippen LogP contribution in [-0.4, -0.2) is 35.7 Å². The number of carbonyl (C=O) groups is 1. The average molecular weight is 472 g/mol. The van der Waals surface area contributed by atoms with Crippen LogP contribution in [0.5, 0.6) is 0 Å². The molecule has 0 saturated carbocycles. The minimum Gasteiger partial charge on any atom is -0.324 e. The SMILES string of the molecule is CC(=O)Nc1ccc(F)c(Cn2ccc(Cc3nnc(C(C)n4nc(C)cc4C)s3)n2)c1F. The first-order valence-corrected chi connectivity index (χ1v) is 11.1. The molecule has 0 aliphatic carbocycles. The summed E-state index contributed by atoms with van der Waals surface area (Å²) in [4.78, 5) is 11.2. The number of nitrogens with one attached hydrogen (secondary N) is 1. The van der Waals surface area contributed by atoms with Gasteiger partial charge in [0.2, 0.25) is 5.91 Å². The van der Waals surface area contributed by atoms with Crippen molar-refractivity contribution in [3.8, 4) is 0 Å². The fraction of sp³-hybridized carbons (Fsp3) is 0.318. The summed E-state index contributed by atoms with van der Waals surface area (Å²) < 4.78 is 32.3. The van der Waals surface area contributed by atoms with E-state index in [0.29, 0.717) is 12.1 Å². The van der Waals surface area contributed by atoms with Crippen LogP contribution in [0.1, 0.15) is 52.5 Å². The molecule has 0 aliphatic rings.